The van der Waals surface area contributed by atoms with Gasteiger partial charge in [-0.05, 0) is 31.9 Å². The second-order valence-electron chi connectivity index (χ2n) is 4.19. The van der Waals surface area contributed by atoms with Gasteiger partial charge in [-0.1, -0.05) is 0 Å². The van der Waals surface area contributed by atoms with Gasteiger partial charge in [-0.3, -0.25) is 4.79 Å². The zero-order valence-corrected chi connectivity index (χ0v) is 10.7. The van der Waals surface area contributed by atoms with Gasteiger partial charge in [0, 0.05) is 12.6 Å². The molecule has 16 heavy (non-hydrogen) atoms. The van der Waals surface area contributed by atoms with Gasteiger partial charge in [-0.25, -0.2) is 0 Å². The maximum atomic E-state index is 11.1. The summed E-state index contributed by atoms with van der Waals surface area (Å²) in [5.74, 6) is 0.611. The van der Waals surface area contributed by atoms with Gasteiger partial charge in [-0.2, -0.15) is 11.8 Å². The molecule has 1 saturated carbocycles. The maximum absolute atomic E-state index is 11.1. The normalized spacial score (nSPS) is 25.4. The van der Waals surface area contributed by atoms with Gasteiger partial charge < -0.3 is 15.8 Å². The van der Waals surface area contributed by atoms with Crippen LogP contribution >= 0.6 is 11.8 Å². The predicted molar refractivity (Wildman–Crippen MR) is 67.6 cm³/mol. The number of carbonyl (C=O) groups excluding carboxylic acids is 1. The molecule has 0 saturated heterocycles. The van der Waals surface area contributed by atoms with Crippen molar-refractivity contribution in [1.82, 2.24) is 5.32 Å². The molecular weight excluding hydrogens is 224 g/mol. The fourth-order valence-corrected chi connectivity index (χ4v) is 2.22. The number of hydrogen-bond acceptors (Lipinski definition) is 4. The quantitative estimate of drug-likeness (QED) is 0.679. The largest absolute Gasteiger partial charge is 0.376 e. The van der Waals surface area contributed by atoms with Crippen molar-refractivity contribution in [3.05, 3.63) is 0 Å². The van der Waals surface area contributed by atoms with E-state index in [1.165, 1.54) is 11.8 Å². The van der Waals surface area contributed by atoms with Crippen LogP contribution in [0.25, 0.3) is 0 Å². The molecule has 0 spiro atoms. The Morgan fingerprint density at radius 1 is 1.44 bits per heavy atom. The van der Waals surface area contributed by atoms with Crippen LogP contribution < -0.4 is 11.1 Å². The Kier molecular flexibility index (Phi) is 6.84. The van der Waals surface area contributed by atoms with Crippen molar-refractivity contribution in [3.63, 3.8) is 0 Å². The topological polar surface area (TPSA) is 64.3 Å². The van der Waals surface area contributed by atoms with Crippen molar-refractivity contribution in [2.24, 2.45) is 5.73 Å². The van der Waals surface area contributed by atoms with Crippen LogP contribution in [0.3, 0.4) is 0 Å². The summed E-state index contributed by atoms with van der Waals surface area (Å²) in [5.41, 5.74) is 5.81. The average molecular weight is 246 g/mol. The number of thioether (sulfide) groups is 1. The predicted octanol–water partition coefficient (Wildman–Crippen LogP) is 0.752. The molecule has 0 heterocycles. The van der Waals surface area contributed by atoms with E-state index in [0.29, 0.717) is 31.1 Å². The number of rotatable bonds is 6. The molecule has 0 aromatic heterocycles. The van der Waals surface area contributed by atoms with Gasteiger partial charge in [0.2, 0.25) is 5.91 Å². The molecule has 4 nitrogen and oxygen atoms in total. The third-order valence-electron chi connectivity index (χ3n) is 2.77. The number of ether oxygens (including phenoxy) is 1. The molecule has 0 unspecified atom stereocenters. The number of amides is 1. The van der Waals surface area contributed by atoms with Gasteiger partial charge in [0.15, 0.2) is 0 Å². The molecular formula is C11H22N2O2S. The van der Waals surface area contributed by atoms with Crippen molar-refractivity contribution in [1.29, 1.82) is 0 Å². The minimum absolute atomic E-state index is 0.0850. The molecule has 1 aliphatic carbocycles. The van der Waals surface area contributed by atoms with Gasteiger partial charge in [0.05, 0.1) is 18.5 Å². The van der Waals surface area contributed by atoms with Crippen molar-refractivity contribution >= 4 is 17.7 Å². The van der Waals surface area contributed by atoms with Crippen LogP contribution in [0.4, 0.5) is 0 Å². The Morgan fingerprint density at radius 2 is 2.12 bits per heavy atom. The van der Waals surface area contributed by atoms with E-state index in [0.717, 1.165) is 25.7 Å². The first kappa shape index (κ1) is 13.8. The number of nitrogens with one attached hydrogen (secondary N) is 1. The molecule has 0 aromatic rings. The highest BCUT2D eigenvalue weighted by molar-refractivity contribution is 7.99. The molecule has 1 fully saturated rings. The number of hydrogen-bond donors (Lipinski definition) is 2. The lowest BCUT2D eigenvalue weighted by Crippen LogP contribution is -2.33. The van der Waals surface area contributed by atoms with E-state index in [4.69, 9.17) is 10.5 Å². The molecule has 3 N–H and O–H groups in total. The summed E-state index contributed by atoms with van der Waals surface area (Å²) in [4.78, 5) is 11.1. The SMILES string of the molecule is CSCC(=O)NCCOC1CCC(N)CC1. The summed E-state index contributed by atoms with van der Waals surface area (Å²) in [6, 6.07) is 0.362. The third-order valence-corrected chi connectivity index (χ3v) is 3.32. The van der Waals surface area contributed by atoms with Crippen LogP contribution in [0, 0.1) is 0 Å². The second-order valence-corrected chi connectivity index (χ2v) is 5.06. The number of carbonyl (C=O) groups is 1. The highest BCUT2D eigenvalue weighted by atomic mass is 32.2. The lowest BCUT2D eigenvalue weighted by molar-refractivity contribution is -0.118. The van der Waals surface area contributed by atoms with Gasteiger partial charge in [0.25, 0.3) is 0 Å². The van der Waals surface area contributed by atoms with Crippen LogP contribution in [0.15, 0.2) is 0 Å². The van der Waals surface area contributed by atoms with Gasteiger partial charge in [-0.15, -0.1) is 0 Å². The minimum atomic E-state index is 0.0850. The molecule has 1 amide bonds. The molecule has 94 valence electrons. The van der Waals surface area contributed by atoms with Crippen LogP contribution in [0.2, 0.25) is 0 Å². The Hall–Kier alpha value is -0.260. The Morgan fingerprint density at radius 3 is 2.75 bits per heavy atom. The van der Waals surface area contributed by atoms with E-state index < -0.39 is 0 Å². The van der Waals surface area contributed by atoms with Crippen LogP contribution in [0.1, 0.15) is 25.7 Å². The summed E-state index contributed by atoms with van der Waals surface area (Å²) in [6.07, 6.45) is 6.49. The van der Waals surface area contributed by atoms with Crippen molar-refractivity contribution < 1.29 is 9.53 Å². The molecule has 1 aliphatic rings. The van der Waals surface area contributed by atoms with Crippen LogP contribution in [-0.4, -0.2) is 43.2 Å². The average Bonchev–Trinajstić information content (AvgIpc) is 2.27. The van der Waals surface area contributed by atoms with E-state index in [1.54, 1.807) is 0 Å². The Balaban J connectivity index is 1.97. The van der Waals surface area contributed by atoms with Crippen molar-refractivity contribution in [2.45, 2.75) is 37.8 Å². The standard InChI is InChI=1S/C11H22N2O2S/c1-16-8-11(14)13-6-7-15-10-4-2-9(12)3-5-10/h9-10H,2-8,12H2,1H3,(H,13,14). The molecule has 0 atom stereocenters. The molecule has 0 bridgehead atoms. The molecule has 0 radical (unpaired) electrons. The fourth-order valence-electron chi connectivity index (χ4n) is 1.85. The molecule has 0 aliphatic heterocycles. The summed E-state index contributed by atoms with van der Waals surface area (Å²) in [5, 5.41) is 2.82. The van der Waals surface area contributed by atoms with Gasteiger partial charge in [0.1, 0.15) is 0 Å². The van der Waals surface area contributed by atoms with E-state index >= 15 is 0 Å². The Bertz CT molecular complexity index is 206. The lowest BCUT2D eigenvalue weighted by atomic mass is 9.94. The monoisotopic (exact) mass is 246 g/mol. The molecule has 1 rings (SSSR count). The highest BCUT2D eigenvalue weighted by Gasteiger charge is 2.18. The maximum Gasteiger partial charge on any atom is 0.230 e. The summed E-state index contributed by atoms with van der Waals surface area (Å²) in [6.45, 7) is 1.22. The van der Waals surface area contributed by atoms with Crippen molar-refractivity contribution in [2.75, 3.05) is 25.2 Å². The molecule has 0 aromatic carbocycles. The smallest absolute Gasteiger partial charge is 0.230 e. The highest BCUT2D eigenvalue weighted by Crippen LogP contribution is 2.19. The summed E-state index contributed by atoms with van der Waals surface area (Å²) >= 11 is 1.53. The lowest BCUT2D eigenvalue weighted by Gasteiger charge is -2.26. The van der Waals surface area contributed by atoms with E-state index in [-0.39, 0.29) is 5.91 Å². The first-order valence-electron chi connectivity index (χ1n) is 5.85. The zero-order chi connectivity index (χ0) is 11.8. The zero-order valence-electron chi connectivity index (χ0n) is 9.91. The van der Waals surface area contributed by atoms with E-state index in [9.17, 15) is 4.79 Å². The number of nitrogens with two attached hydrogens (primary N) is 1. The van der Waals surface area contributed by atoms with E-state index in [2.05, 4.69) is 5.32 Å². The first-order valence-corrected chi connectivity index (χ1v) is 7.24. The summed E-state index contributed by atoms with van der Waals surface area (Å²) in [7, 11) is 0. The van der Waals surface area contributed by atoms with Crippen molar-refractivity contribution in [3.8, 4) is 0 Å². The van der Waals surface area contributed by atoms with Crippen LogP contribution in [0.5, 0.6) is 0 Å². The fraction of sp³-hybridized carbons (Fsp3) is 0.909. The van der Waals surface area contributed by atoms with Crippen LogP contribution in [-0.2, 0) is 9.53 Å². The third kappa shape index (κ3) is 5.72. The minimum Gasteiger partial charge on any atom is -0.376 e. The summed E-state index contributed by atoms with van der Waals surface area (Å²) < 4.78 is 5.68. The van der Waals surface area contributed by atoms with Gasteiger partial charge >= 0.3 is 0 Å². The molecule has 5 heteroatoms. The van der Waals surface area contributed by atoms with E-state index in [1.807, 2.05) is 6.26 Å². The first-order chi connectivity index (χ1) is 7.72. The Labute approximate surface area is 102 Å². The second kappa shape index (κ2) is 7.92.